The first-order valence-corrected chi connectivity index (χ1v) is 14.0. The van der Waals surface area contributed by atoms with Gasteiger partial charge in [-0.1, -0.05) is 34.8 Å². The van der Waals surface area contributed by atoms with Crippen molar-refractivity contribution in [3.05, 3.63) is 35.5 Å². The van der Waals surface area contributed by atoms with Crippen LogP contribution in [0.5, 0.6) is 0 Å². The van der Waals surface area contributed by atoms with E-state index < -0.39 is 35.6 Å². The zero-order valence-corrected chi connectivity index (χ0v) is 20.3. The Bertz CT molecular complexity index is 905. The molecule has 0 radical (unpaired) electrons. The van der Waals surface area contributed by atoms with Gasteiger partial charge in [-0.2, -0.15) is 32.8 Å². The molecule has 0 bridgehead atoms. The average molecular weight is 504 g/mol. The minimum absolute atomic E-state index is 0.182. The van der Waals surface area contributed by atoms with Crippen molar-refractivity contribution in [2.24, 2.45) is 0 Å². The molecule has 1 aromatic heterocycles. The van der Waals surface area contributed by atoms with E-state index in [-0.39, 0.29) is 12.3 Å². The lowest BCUT2D eigenvalue weighted by Crippen LogP contribution is -2.23. The molecule has 0 saturated carbocycles. The minimum atomic E-state index is -4.54. The van der Waals surface area contributed by atoms with Gasteiger partial charge >= 0.3 is 6.18 Å². The fourth-order valence-corrected chi connectivity index (χ4v) is 3.70. The van der Waals surface area contributed by atoms with Crippen LogP contribution in [-0.2, 0) is 22.4 Å². The summed E-state index contributed by atoms with van der Waals surface area (Å²) >= 11 is 16.9. The van der Waals surface area contributed by atoms with Gasteiger partial charge in [0, 0.05) is 23.8 Å². The van der Waals surface area contributed by atoms with Crippen LogP contribution in [0.1, 0.15) is 24.2 Å². The number of ether oxygens (including phenoxy) is 2. The predicted octanol–water partition coefficient (Wildman–Crippen LogP) is 7.40. The van der Waals surface area contributed by atoms with Crippen molar-refractivity contribution in [1.82, 2.24) is 4.57 Å². The van der Waals surface area contributed by atoms with Gasteiger partial charge in [0.25, 0.3) is 3.79 Å². The second-order valence-electron chi connectivity index (χ2n) is 8.22. The molecule has 11 heteroatoms. The summed E-state index contributed by atoms with van der Waals surface area (Å²) in [5.41, 5.74) is -0.0866. The predicted molar refractivity (Wildman–Crippen MR) is 119 cm³/mol. The molecular weight excluding hydrogens is 480 g/mol. The average Bonchev–Trinajstić information content (AvgIpc) is 2.98. The quantitative estimate of drug-likeness (QED) is 0.141. The van der Waals surface area contributed by atoms with Crippen LogP contribution in [0.3, 0.4) is 0 Å². The third kappa shape index (κ3) is 6.78. The van der Waals surface area contributed by atoms with E-state index in [0.29, 0.717) is 17.5 Å². The monoisotopic (exact) mass is 502 g/mol. The zero-order valence-electron chi connectivity index (χ0n) is 17.0. The molecule has 2 rings (SSSR count). The Morgan fingerprint density at radius 2 is 1.83 bits per heavy atom. The summed E-state index contributed by atoms with van der Waals surface area (Å²) in [4.78, 5) is 0. The molecule has 1 N–H and O–H groups in total. The van der Waals surface area contributed by atoms with Gasteiger partial charge in [-0.05, 0) is 25.1 Å². The summed E-state index contributed by atoms with van der Waals surface area (Å²) < 4.78 is 50.9. The molecule has 1 aromatic carbocycles. The van der Waals surface area contributed by atoms with Crippen LogP contribution in [0.15, 0.2) is 24.4 Å². The topological polar surface area (TPSA) is 47.2 Å². The molecule has 0 aliphatic carbocycles. The van der Waals surface area contributed by atoms with Gasteiger partial charge < -0.3 is 14.0 Å². The van der Waals surface area contributed by atoms with Crippen molar-refractivity contribution >= 4 is 59.7 Å². The van der Waals surface area contributed by atoms with Gasteiger partial charge in [-0.25, -0.2) is 0 Å². The van der Waals surface area contributed by atoms with E-state index in [1.54, 1.807) is 16.8 Å². The summed E-state index contributed by atoms with van der Waals surface area (Å²) in [6.45, 7) is 8.95. The molecule has 4 nitrogen and oxygen atoms in total. The number of nitrogens with one attached hydrogen (secondary N) is 1. The van der Waals surface area contributed by atoms with Crippen LogP contribution in [0.4, 0.5) is 13.2 Å². The Morgan fingerprint density at radius 1 is 1.20 bits per heavy atom. The Labute approximate surface area is 189 Å². The third-order valence-electron chi connectivity index (χ3n) is 4.43. The second kappa shape index (κ2) is 9.28. The van der Waals surface area contributed by atoms with Crippen LogP contribution < -0.4 is 0 Å². The van der Waals surface area contributed by atoms with Crippen molar-refractivity contribution in [3.8, 4) is 0 Å². The lowest BCUT2D eigenvalue weighted by molar-refractivity contribution is -0.137. The van der Waals surface area contributed by atoms with E-state index in [9.17, 15) is 13.2 Å². The van der Waals surface area contributed by atoms with Crippen LogP contribution in [0.25, 0.3) is 10.9 Å². The molecule has 1 heterocycles. The van der Waals surface area contributed by atoms with Crippen molar-refractivity contribution in [3.63, 3.8) is 0 Å². The van der Waals surface area contributed by atoms with Gasteiger partial charge in [0.15, 0.2) is 0 Å². The lowest BCUT2D eigenvalue weighted by Gasteiger charge is -2.27. The maximum Gasteiger partial charge on any atom is 0.416 e. The first-order valence-electron chi connectivity index (χ1n) is 9.20. The molecule has 0 fully saturated rings. The molecule has 2 aromatic rings. The van der Waals surface area contributed by atoms with Gasteiger partial charge in [-0.3, -0.25) is 5.41 Å². The Kier molecular flexibility index (Phi) is 7.84. The Balaban J connectivity index is 2.40. The molecule has 0 aliphatic rings. The number of fused-ring (bicyclic) bond motifs is 1. The van der Waals surface area contributed by atoms with Crippen molar-refractivity contribution in [2.75, 3.05) is 6.61 Å². The van der Waals surface area contributed by atoms with Crippen molar-refractivity contribution in [1.29, 1.82) is 5.41 Å². The number of hydrogen-bond donors (Lipinski definition) is 1. The van der Waals surface area contributed by atoms with E-state index in [0.717, 1.165) is 18.2 Å². The molecule has 1 unspecified atom stereocenters. The summed E-state index contributed by atoms with van der Waals surface area (Å²) in [7, 11) is -1.27. The standard InChI is InChI=1S/C19H24Cl3F3N2O2Si/c1-12(29-17(26)18(20,21)22)15-10-14(19(23,24)25)9-13-5-6-27(16(13)15)11-28-7-8-30(2,3)4/h5-6,9-10,12,26H,7-8,11H2,1-4H3/q-1. The number of alkyl halides is 6. The van der Waals surface area contributed by atoms with E-state index in [1.807, 2.05) is 0 Å². The molecule has 0 aliphatic heterocycles. The summed E-state index contributed by atoms with van der Waals surface area (Å²) in [5, 5.41) is 8.13. The van der Waals surface area contributed by atoms with Crippen molar-refractivity contribution < 1.29 is 22.6 Å². The number of benzene rings is 1. The van der Waals surface area contributed by atoms with E-state index in [1.165, 1.54) is 6.92 Å². The number of aromatic nitrogens is 1. The fraction of sp³-hybridized carbons (Fsp3) is 0.526. The third-order valence-corrected chi connectivity index (χ3v) is 6.65. The van der Waals surface area contributed by atoms with Gasteiger partial charge in [-0.15, -0.1) is 14.1 Å². The highest BCUT2D eigenvalue weighted by Crippen LogP contribution is 2.38. The van der Waals surface area contributed by atoms with E-state index in [4.69, 9.17) is 49.7 Å². The molecule has 1 atom stereocenters. The molecule has 0 spiro atoms. The second-order valence-corrected chi connectivity index (χ2v) is 16.1. The maximum absolute atomic E-state index is 13.4. The number of halogens is 6. The molecule has 169 valence electrons. The Hall–Kier alpha value is -0.933. The molecule has 30 heavy (non-hydrogen) atoms. The minimum Gasteiger partial charge on any atom is -0.470 e. The first-order chi connectivity index (χ1) is 13.6. The van der Waals surface area contributed by atoms with Gasteiger partial charge in [0.2, 0.25) is 5.90 Å². The Morgan fingerprint density at radius 3 is 2.37 bits per heavy atom. The fourth-order valence-electron chi connectivity index (χ4n) is 2.81. The summed E-state index contributed by atoms with van der Waals surface area (Å²) in [5.74, 6) is -0.671. The van der Waals surface area contributed by atoms with Gasteiger partial charge in [0.1, 0.15) is 12.8 Å². The summed E-state index contributed by atoms with van der Waals surface area (Å²) in [6, 6.07) is 4.63. The van der Waals surface area contributed by atoms with Crippen LogP contribution in [0.2, 0.25) is 25.7 Å². The summed E-state index contributed by atoms with van der Waals surface area (Å²) in [6.07, 6.45) is -3.84. The van der Waals surface area contributed by atoms with Crippen molar-refractivity contribution in [2.45, 2.75) is 55.4 Å². The van der Waals surface area contributed by atoms with E-state index in [2.05, 4.69) is 19.6 Å². The SMILES string of the molecule is CC(OC(=N)C(Cl)(Cl)Cl)c1cc(C(F)(F)F)cc2ccn(COCC[Si-](C)(C)C)c12. The number of rotatable bonds is 7. The lowest BCUT2D eigenvalue weighted by atomic mass is 10.0. The molecule has 0 saturated heterocycles. The number of hydrogen-bond acceptors (Lipinski definition) is 3. The number of nitrogens with zero attached hydrogens (tertiary/aromatic N) is 1. The normalized spacial score (nSPS) is 14.2. The maximum atomic E-state index is 13.4. The first kappa shape index (κ1) is 25.3. The van der Waals surface area contributed by atoms with Gasteiger partial charge in [0.05, 0.1) is 11.1 Å². The zero-order chi connectivity index (χ0) is 22.9. The highest BCUT2D eigenvalue weighted by Gasteiger charge is 2.34. The van der Waals surface area contributed by atoms with Crippen LogP contribution >= 0.6 is 34.8 Å². The highest BCUT2D eigenvalue weighted by atomic mass is 35.6. The molecule has 0 amide bonds. The smallest absolute Gasteiger partial charge is 0.416 e. The van der Waals surface area contributed by atoms with E-state index >= 15 is 0 Å². The highest BCUT2D eigenvalue weighted by molar-refractivity contribution is 6.76. The van der Waals surface area contributed by atoms with Crippen LogP contribution in [-0.4, -0.2) is 28.9 Å². The molecular formula is C19H24Cl3F3N2O2Si-. The van der Waals surface area contributed by atoms with Crippen LogP contribution in [0, 0.1) is 5.41 Å². The largest absolute Gasteiger partial charge is 0.470 e.